The predicted octanol–water partition coefficient (Wildman–Crippen LogP) is 4.99. The fourth-order valence-electron chi connectivity index (χ4n) is 5.55. The van der Waals surface area contributed by atoms with Gasteiger partial charge in [-0.25, -0.2) is 4.39 Å². The van der Waals surface area contributed by atoms with E-state index < -0.39 is 0 Å². The first-order valence-electron chi connectivity index (χ1n) is 13.3. The zero-order valence-electron chi connectivity index (χ0n) is 21.0. The van der Waals surface area contributed by atoms with Crippen LogP contribution in [0.3, 0.4) is 0 Å². The molecule has 8 heteroatoms. The summed E-state index contributed by atoms with van der Waals surface area (Å²) in [4.78, 5) is 31.3. The summed E-state index contributed by atoms with van der Waals surface area (Å²) in [5.41, 5.74) is 4.18. The first-order chi connectivity index (χ1) is 18.0. The molecule has 1 saturated heterocycles. The molecule has 3 aromatic rings. The molecule has 1 aliphatic carbocycles. The molecule has 0 atom stereocenters. The molecule has 1 aromatic heterocycles. The lowest BCUT2D eigenvalue weighted by atomic mass is 9.86. The van der Waals surface area contributed by atoms with Crippen molar-refractivity contribution in [3.63, 3.8) is 0 Å². The molecule has 3 heterocycles. The van der Waals surface area contributed by atoms with Crippen LogP contribution in [0.15, 0.2) is 41.8 Å². The van der Waals surface area contributed by atoms with Gasteiger partial charge in [-0.15, -0.1) is 11.3 Å². The monoisotopic (exact) mass is 521 g/mol. The number of aryl methyl sites for hydroxylation is 1. The minimum atomic E-state index is -0.181. The normalized spacial score (nSPS) is 18.7. The first-order valence-corrected chi connectivity index (χ1v) is 14.2. The van der Waals surface area contributed by atoms with Crippen LogP contribution in [0.4, 0.5) is 15.8 Å². The molecule has 6 rings (SSSR count). The van der Waals surface area contributed by atoms with E-state index in [-0.39, 0.29) is 30.3 Å². The largest absolute Gasteiger partial charge is 0.444 e. The number of anilines is 2. The summed E-state index contributed by atoms with van der Waals surface area (Å²) in [6.07, 6.45) is 4.91. The third-order valence-corrected chi connectivity index (χ3v) is 8.93. The predicted molar refractivity (Wildman–Crippen MR) is 145 cm³/mol. The Hall–Kier alpha value is -2.97. The third kappa shape index (κ3) is 5.09. The topological polar surface area (TPSA) is 53.1 Å². The Morgan fingerprint density at radius 1 is 1.03 bits per heavy atom. The summed E-state index contributed by atoms with van der Waals surface area (Å²) in [7, 11) is 0. The average Bonchev–Trinajstić information content (AvgIpc) is 3.34. The lowest BCUT2D eigenvalue weighted by Crippen LogP contribution is -2.47. The second kappa shape index (κ2) is 10.4. The van der Waals surface area contributed by atoms with Crippen LogP contribution in [-0.4, -0.2) is 56.2 Å². The summed E-state index contributed by atoms with van der Waals surface area (Å²) in [6, 6.07) is 11.7. The lowest BCUT2D eigenvalue weighted by Gasteiger charge is -2.36. The standard InChI is InChI=1S/C29H32FN3O3S/c30-23-17-26(24-9-15-37-27(24)18-23)32-13-11-31(12-14-32)10-8-20-4-5-21-6-7-28(34)33(25(21)16-20)19-36-29(35)22-2-1-3-22/h4-5,9,15-18,22H,1-3,6-8,10-14,19H2. The molecule has 2 fully saturated rings. The number of hydrogen-bond donors (Lipinski definition) is 0. The zero-order chi connectivity index (χ0) is 25.4. The van der Waals surface area contributed by atoms with Crippen LogP contribution in [0.2, 0.25) is 0 Å². The van der Waals surface area contributed by atoms with Gasteiger partial charge in [-0.2, -0.15) is 0 Å². The Balaban J connectivity index is 1.06. The summed E-state index contributed by atoms with van der Waals surface area (Å²) in [6.45, 7) is 4.52. The molecular formula is C29H32FN3O3S. The van der Waals surface area contributed by atoms with Crippen LogP contribution in [0.1, 0.15) is 36.8 Å². The van der Waals surface area contributed by atoms with Gasteiger partial charge >= 0.3 is 5.97 Å². The lowest BCUT2D eigenvalue weighted by molar-refractivity contribution is -0.151. The Morgan fingerprint density at radius 3 is 2.65 bits per heavy atom. The van der Waals surface area contributed by atoms with Crippen molar-refractivity contribution in [1.29, 1.82) is 0 Å². The number of hydrogen-bond acceptors (Lipinski definition) is 6. The number of carbonyl (C=O) groups excluding carboxylic acids is 2. The van der Waals surface area contributed by atoms with Gasteiger partial charge in [0.25, 0.3) is 0 Å². The van der Waals surface area contributed by atoms with Crippen molar-refractivity contribution >= 4 is 44.7 Å². The van der Waals surface area contributed by atoms with Gasteiger partial charge in [0.15, 0.2) is 6.73 Å². The van der Waals surface area contributed by atoms with Crippen LogP contribution >= 0.6 is 11.3 Å². The van der Waals surface area contributed by atoms with E-state index >= 15 is 0 Å². The van der Waals surface area contributed by atoms with E-state index in [1.165, 1.54) is 5.56 Å². The van der Waals surface area contributed by atoms with Crippen molar-refractivity contribution in [3.05, 3.63) is 58.7 Å². The minimum Gasteiger partial charge on any atom is -0.444 e. The Kier molecular flexibility index (Phi) is 6.86. The van der Waals surface area contributed by atoms with Gasteiger partial charge in [-0.3, -0.25) is 19.4 Å². The molecule has 3 aliphatic rings. The van der Waals surface area contributed by atoms with Gasteiger partial charge in [-0.05, 0) is 66.5 Å². The van der Waals surface area contributed by atoms with Gasteiger partial charge in [0.05, 0.1) is 11.6 Å². The number of halogens is 1. The van der Waals surface area contributed by atoms with Gasteiger partial charge in [0, 0.05) is 54.9 Å². The number of rotatable bonds is 7. The maximum absolute atomic E-state index is 14.1. The van der Waals surface area contributed by atoms with E-state index in [4.69, 9.17) is 4.74 Å². The Morgan fingerprint density at radius 2 is 1.86 bits per heavy atom. The quantitative estimate of drug-likeness (QED) is 0.411. The van der Waals surface area contributed by atoms with Crippen molar-refractivity contribution in [3.8, 4) is 0 Å². The summed E-state index contributed by atoms with van der Waals surface area (Å²) in [5, 5.41) is 3.15. The van der Waals surface area contributed by atoms with Gasteiger partial charge in [0.1, 0.15) is 5.82 Å². The molecule has 1 amide bonds. The Labute approximate surface area is 220 Å². The third-order valence-electron chi connectivity index (χ3n) is 8.07. The molecule has 0 unspecified atom stereocenters. The van der Waals surface area contributed by atoms with Crippen LogP contribution in [-0.2, 0) is 27.2 Å². The molecule has 0 bridgehead atoms. The van der Waals surface area contributed by atoms with Crippen LogP contribution in [0.25, 0.3) is 10.1 Å². The molecule has 37 heavy (non-hydrogen) atoms. The molecule has 2 aliphatic heterocycles. The number of nitrogens with zero attached hydrogens (tertiary/aromatic N) is 3. The van der Waals surface area contributed by atoms with Crippen LogP contribution in [0.5, 0.6) is 0 Å². The molecule has 0 spiro atoms. The van der Waals surface area contributed by atoms with Crippen molar-refractivity contribution in [2.45, 2.75) is 38.5 Å². The molecular weight excluding hydrogens is 489 g/mol. The first kappa shape index (κ1) is 24.4. The van der Waals surface area contributed by atoms with Gasteiger partial charge in [-0.1, -0.05) is 18.6 Å². The number of benzene rings is 2. The van der Waals surface area contributed by atoms with E-state index in [2.05, 4.69) is 34.1 Å². The SMILES string of the molecule is O=C(OCN1C(=O)CCc2ccc(CCN3CCN(c4cc(F)cc5sccc45)CC3)cc21)C1CCC1. The molecule has 0 N–H and O–H groups in total. The summed E-state index contributed by atoms with van der Waals surface area (Å²) >= 11 is 1.58. The fraction of sp³-hybridized carbons (Fsp3) is 0.448. The Bertz CT molecular complexity index is 1310. The molecule has 2 aromatic carbocycles. The number of carbonyl (C=O) groups is 2. The molecule has 1 saturated carbocycles. The number of ether oxygens (including phenoxy) is 1. The van der Waals surface area contributed by atoms with Gasteiger partial charge < -0.3 is 9.64 Å². The van der Waals surface area contributed by atoms with Crippen molar-refractivity contribution in [2.24, 2.45) is 5.92 Å². The number of piperazine rings is 1. The van der Waals surface area contributed by atoms with Crippen molar-refractivity contribution in [1.82, 2.24) is 4.90 Å². The zero-order valence-corrected chi connectivity index (χ0v) is 21.8. The van der Waals surface area contributed by atoms with Crippen molar-refractivity contribution < 1.29 is 18.7 Å². The summed E-state index contributed by atoms with van der Waals surface area (Å²) in [5.74, 6) is -0.341. The summed E-state index contributed by atoms with van der Waals surface area (Å²) < 4.78 is 20.7. The smallest absolute Gasteiger partial charge is 0.310 e. The highest BCUT2D eigenvalue weighted by Gasteiger charge is 2.30. The number of amides is 1. The second-order valence-electron chi connectivity index (χ2n) is 10.3. The highest BCUT2D eigenvalue weighted by atomic mass is 32.1. The fourth-order valence-corrected chi connectivity index (χ4v) is 6.38. The van der Waals surface area contributed by atoms with Gasteiger partial charge in [0.2, 0.25) is 5.91 Å². The average molecular weight is 522 g/mol. The molecule has 194 valence electrons. The van der Waals surface area contributed by atoms with Crippen molar-refractivity contribution in [2.75, 3.05) is 49.3 Å². The van der Waals surface area contributed by atoms with E-state index in [1.807, 2.05) is 5.38 Å². The number of fused-ring (bicyclic) bond motifs is 2. The highest BCUT2D eigenvalue weighted by molar-refractivity contribution is 7.17. The highest BCUT2D eigenvalue weighted by Crippen LogP contribution is 2.33. The van der Waals surface area contributed by atoms with Crippen LogP contribution < -0.4 is 9.80 Å². The number of esters is 1. The maximum Gasteiger partial charge on any atom is 0.310 e. The van der Waals surface area contributed by atoms with E-state index in [9.17, 15) is 14.0 Å². The van der Waals surface area contributed by atoms with E-state index in [0.717, 1.165) is 91.9 Å². The second-order valence-corrected chi connectivity index (χ2v) is 11.3. The van der Waals surface area contributed by atoms with E-state index in [0.29, 0.717) is 6.42 Å². The maximum atomic E-state index is 14.1. The molecule has 0 radical (unpaired) electrons. The minimum absolute atomic E-state index is 0.00310. The number of thiophene rings is 1. The molecule has 6 nitrogen and oxygen atoms in total. The van der Waals surface area contributed by atoms with E-state index in [1.54, 1.807) is 28.4 Å². The van der Waals surface area contributed by atoms with Crippen LogP contribution in [0, 0.1) is 11.7 Å².